The SMILES string of the molecule is C=C(C)[C@@H]1CC[C@@]2(C)CC1c1c(O)c3c(c(CC=C(C)C)c1O2)O[C@]12C(=C[C@@H]4CC1C(C)(C)O[C@]2(C/C=C(/C)OC=O)C4=O)C3=O. The van der Waals surface area contributed by atoms with Gasteiger partial charge in [0.15, 0.2) is 22.8 Å². The van der Waals surface area contributed by atoms with E-state index in [9.17, 15) is 19.5 Å². The van der Waals surface area contributed by atoms with E-state index in [0.717, 1.165) is 24.0 Å². The maximum absolute atomic E-state index is 15.0. The molecule has 4 aliphatic carbocycles. The van der Waals surface area contributed by atoms with Crippen LogP contribution in [-0.4, -0.2) is 45.5 Å². The second-order valence-corrected chi connectivity index (χ2v) is 15.4. The van der Waals surface area contributed by atoms with Gasteiger partial charge in [-0.3, -0.25) is 14.4 Å². The number of rotatable bonds is 7. The number of fused-ring (bicyclic) bond motifs is 5. The molecule has 244 valence electrons. The molecule has 0 radical (unpaired) electrons. The molecular formula is C38H44O8. The Morgan fingerprint density at radius 3 is 2.52 bits per heavy atom. The minimum atomic E-state index is -1.54. The lowest BCUT2D eigenvalue weighted by atomic mass is 9.51. The Kier molecular flexibility index (Phi) is 6.68. The number of carbonyl (C=O) groups is 3. The van der Waals surface area contributed by atoms with Gasteiger partial charge >= 0.3 is 0 Å². The largest absolute Gasteiger partial charge is 0.507 e. The van der Waals surface area contributed by atoms with Gasteiger partial charge in [-0.25, -0.2) is 0 Å². The van der Waals surface area contributed by atoms with Crippen molar-refractivity contribution in [2.45, 2.75) is 115 Å². The van der Waals surface area contributed by atoms with E-state index < -0.39 is 28.3 Å². The molecule has 6 bridgehead atoms. The summed E-state index contributed by atoms with van der Waals surface area (Å²) in [7, 11) is 0. The van der Waals surface area contributed by atoms with Gasteiger partial charge in [-0.1, -0.05) is 29.9 Å². The van der Waals surface area contributed by atoms with Gasteiger partial charge in [0.2, 0.25) is 0 Å². The lowest BCUT2D eigenvalue weighted by molar-refractivity contribution is -0.171. The van der Waals surface area contributed by atoms with Crippen LogP contribution in [0.5, 0.6) is 17.2 Å². The van der Waals surface area contributed by atoms with E-state index in [1.807, 2.05) is 34.6 Å². The summed E-state index contributed by atoms with van der Waals surface area (Å²) in [4.78, 5) is 40.4. The van der Waals surface area contributed by atoms with Crippen molar-refractivity contribution < 1.29 is 38.4 Å². The molecule has 7 atom stereocenters. The standard InChI is InChI=1S/C38H44O8/c1-19(2)9-10-24-32-28(25-17-36(8,44-32)13-12-23(25)20(3)4)31(41)29-30(40)26-15-22-16-27-35(6,7)46-37(34(22)42,14-11-21(5)43-18-39)38(26,27)45-33(24)29/h9,11,15,18,22-23,25,27,41H,3,10,12-14,16-17H2,1-2,4-8H3/b21-11-/t22-,23+,25?,27?,36+,37-,38-/m1/s1. The van der Waals surface area contributed by atoms with Crippen molar-refractivity contribution in [3.8, 4) is 17.2 Å². The topological polar surface area (TPSA) is 108 Å². The zero-order valence-corrected chi connectivity index (χ0v) is 27.9. The van der Waals surface area contributed by atoms with Crippen LogP contribution < -0.4 is 9.47 Å². The summed E-state index contributed by atoms with van der Waals surface area (Å²) in [5.41, 5.74) is -0.259. The van der Waals surface area contributed by atoms with Crippen LogP contribution in [0, 0.1) is 17.8 Å². The molecule has 3 fully saturated rings. The van der Waals surface area contributed by atoms with Gasteiger partial charge in [0.25, 0.3) is 6.47 Å². The molecule has 0 amide bonds. The highest BCUT2D eigenvalue weighted by Crippen LogP contribution is 2.69. The second kappa shape index (κ2) is 9.93. The maximum Gasteiger partial charge on any atom is 0.298 e. The third kappa shape index (κ3) is 3.91. The Bertz CT molecular complexity index is 1700. The Morgan fingerprint density at radius 1 is 1.11 bits per heavy atom. The molecule has 7 aliphatic rings. The number of hydrogen-bond acceptors (Lipinski definition) is 8. The summed E-state index contributed by atoms with van der Waals surface area (Å²) < 4.78 is 26.0. The van der Waals surface area contributed by atoms with Gasteiger partial charge in [0, 0.05) is 40.9 Å². The molecule has 1 spiro atoms. The highest BCUT2D eigenvalue weighted by atomic mass is 16.6. The van der Waals surface area contributed by atoms with Gasteiger partial charge in [-0.2, -0.15) is 0 Å². The molecule has 1 saturated heterocycles. The maximum atomic E-state index is 15.0. The summed E-state index contributed by atoms with van der Waals surface area (Å²) in [6, 6.07) is 0. The number of Topliss-reactive ketones (excluding diaryl/α,β-unsaturated/α-hetero) is 2. The van der Waals surface area contributed by atoms with Crippen molar-refractivity contribution in [2.24, 2.45) is 17.8 Å². The Labute approximate surface area is 270 Å². The number of phenols is 1. The molecule has 2 saturated carbocycles. The zero-order chi connectivity index (χ0) is 33.1. The molecule has 3 aliphatic heterocycles. The molecule has 46 heavy (non-hydrogen) atoms. The fraction of sp³-hybridized carbons (Fsp3) is 0.553. The van der Waals surface area contributed by atoms with Crippen LogP contribution in [0.25, 0.3) is 0 Å². The highest BCUT2D eigenvalue weighted by Gasteiger charge is 2.81. The molecule has 1 aromatic rings. The van der Waals surface area contributed by atoms with Crippen LogP contribution in [0.2, 0.25) is 0 Å². The number of carbonyl (C=O) groups excluding carboxylic acids is 3. The number of phenolic OH excluding ortho intramolecular Hbond substituents is 1. The first-order valence-corrected chi connectivity index (χ1v) is 16.5. The van der Waals surface area contributed by atoms with E-state index >= 15 is 0 Å². The highest BCUT2D eigenvalue weighted by molar-refractivity contribution is 6.18. The third-order valence-electron chi connectivity index (χ3n) is 11.7. The Morgan fingerprint density at radius 2 is 1.85 bits per heavy atom. The van der Waals surface area contributed by atoms with Crippen molar-refractivity contribution in [3.63, 3.8) is 0 Å². The fourth-order valence-corrected chi connectivity index (χ4v) is 9.68. The number of hydrogen-bond donors (Lipinski definition) is 1. The Hall–Kier alpha value is -3.65. The third-order valence-corrected chi connectivity index (χ3v) is 11.7. The lowest BCUT2D eigenvalue weighted by Gasteiger charge is -2.56. The van der Waals surface area contributed by atoms with Gasteiger partial charge in [-0.15, -0.1) is 0 Å². The number of ether oxygens (including phenoxy) is 4. The van der Waals surface area contributed by atoms with Gasteiger partial charge in [0.05, 0.1) is 5.60 Å². The van der Waals surface area contributed by atoms with Gasteiger partial charge in [0.1, 0.15) is 34.2 Å². The van der Waals surface area contributed by atoms with Crippen molar-refractivity contribution in [3.05, 3.63) is 64.0 Å². The normalized spacial score (nSPS) is 36.0. The van der Waals surface area contributed by atoms with Crippen LogP contribution in [0.4, 0.5) is 0 Å². The predicted molar refractivity (Wildman–Crippen MR) is 171 cm³/mol. The lowest BCUT2D eigenvalue weighted by Crippen LogP contribution is -2.72. The molecule has 8 rings (SSSR count). The fourth-order valence-electron chi connectivity index (χ4n) is 9.68. The monoisotopic (exact) mass is 628 g/mol. The first-order chi connectivity index (χ1) is 21.6. The number of allylic oxidation sites excluding steroid dienone is 5. The van der Waals surface area contributed by atoms with Crippen molar-refractivity contribution in [1.29, 1.82) is 0 Å². The molecule has 8 nitrogen and oxygen atoms in total. The second-order valence-electron chi connectivity index (χ2n) is 15.4. The van der Waals surface area contributed by atoms with Crippen LogP contribution in [0.15, 0.2) is 47.3 Å². The smallest absolute Gasteiger partial charge is 0.298 e. The quantitative estimate of drug-likeness (QED) is 0.196. The van der Waals surface area contributed by atoms with Crippen LogP contribution in [0.3, 0.4) is 0 Å². The molecule has 0 aromatic heterocycles. The van der Waals surface area contributed by atoms with Gasteiger partial charge < -0.3 is 24.1 Å². The van der Waals surface area contributed by atoms with Gasteiger partial charge in [-0.05, 0) is 92.6 Å². The molecule has 8 heteroatoms. The van der Waals surface area contributed by atoms with Crippen molar-refractivity contribution >= 4 is 18.0 Å². The summed E-state index contributed by atoms with van der Waals surface area (Å²) in [5.74, 6) is -0.231. The first-order valence-electron chi connectivity index (χ1n) is 16.5. The van der Waals surface area contributed by atoms with E-state index in [1.165, 1.54) is 0 Å². The Balaban J connectivity index is 1.51. The molecule has 3 heterocycles. The first kappa shape index (κ1) is 31.0. The molecule has 1 aromatic carbocycles. The minimum Gasteiger partial charge on any atom is -0.507 e. The van der Waals surface area contributed by atoms with E-state index in [-0.39, 0.29) is 52.8 Å². The van der Waals surface area contributed by atoms with Crippen LogP contribution >= 0.6 is 0 Å². The van der Waals surface area contributed by atoms with Crippen molar-refractivity contribution in [1.82, 2.24) is 0 Å². The van der Waals surface area contributed by atoms with E-state index in [2.05, 4.69) is 19.6 Å². The number of benzene rings is 1. The summed E-state index contributed by atoms with van der Waals surface area (Å²) in [6.45, 7) is 18.4. The summed E-state index contributed by atoms with van der Waals surface area (Å²) in [5, 5.41) is 12.2. The van der Waals surface area contributed by atoms with Crippen LogP contribution in [0.1, 0.15) is 108 Å². The summed E-state index contributed by atoms with van der Waals surface area (Å²) >= 11 is 0. The summed E-state index contributed by atoms with van der Waals surface area (Å²) in [6.07, 6.45) is 8.89. The van der Waals surface area contributed by atoms with Crippen molar-refractivity contribution in [2.75, 3.05) is 0 Å². The number of aromatic hydroxyl groups is 1. The minimum absolute atomic E-state index is 0.0546. The molecular weight excluding hydrogens is 584 g/mol. The van der Waals surface area contributed by atoms with E-state index in [0.29, 0.717) is 53.9 Å². The van der Waals surface area contributed by atoms with E-state index in [4.69, 9.17) is 18.9 Å². The van der Waals surface area contributed by atoms with E-state index in [1.54, 1.807) is 19.1 Å². The van der Waals surface area contributed by atoms with Crippen LogP contribution in [-0.2, 0) is 25.5 Å². The average molecular weight is 629 g/mol. The molecule has 1 N–H and O–H groups in total. The average Bonchev–Trinajstić information content (AvgIpc) is 3.12. The number of ketones is 2. The zero-order valence-electron chi connectivity index (χ0n) is 27.9. The molecule has 2 unspecified atom stereocenters. The predicted octanol–water partition coefficient (Wildman–Crippen LogP) is 6.99.